The van der Waals surface area contributed by atoms with Gasteiger partial charge < -0.3 is 0 Å². The molecule has 1 aromatic rings. The highest BCUT2D eigenvalue weighted by atomic mass is 35.5. The summed E-state index contributed by atoms with van der Waals surface area (Å²) in [4.78, 5) is 5.65. The van der Waals surface area contributed by atoms with Crippen LogP contribution in [0.3, 0.4) is 0 Å². The number of nitrogens with zero attached hydrogens (tertiary/aromatic N) is 1. The van der Waals surface area contributed by atoms with E-state index in [1.54, 1.807) is 0 Å². The van der Waals surface area contributed by atoms with Gasteiger partial charge >= 0.3 is 0 Å². The summed E-state index contributed by atoms with van der Waals surface area (Å²) in [5.74, 6) is 0. The quantitative estimate of drug-likeness (QED) is 0.405. The van der Waals surface area contributed by atoms with E-state index in [0.29, 0.717) is 10.5 Å². The minimum Gasteiger partial charge on any atom is -0.264 e. The first-order chi connectivity index (χ1) is 8.24. The van der Waals surface area contributed by atoms with E-state index in [4.69, 9.17) is 23.2 Å². The van der Waals surface area contributed by atoms with Crippen LogP contribution >= 0.6 is 35.0 Å². The summed E-state index contributed by atoms with van der Waals surface area (Å²) >= 11 is 13.5. The van der Waals surface area contributed by atoms with Gasteiger partial charge in [-0.15, -0.1) is 0 Å². The normalized spacial score (nSPS) is 18.4. The lowest BCUT2D eigenvalue weighted by molar-refractivity contribution is 0.444. The summed E-state index contributed by atoms with van der Waals surface area (Å²) < 4.78 is 0.638. The van der Waals surface area contributed by atoms with Crippen molar-refractivity contribution in [2.45, 2.75) is 43.0 Å². The van der Waals surface area contributed by atoms with Crippen LogP contribution in [-0.2, 0) is 0 Å². The predicted octanol–water partition coefficient (Wildman–Crippen LogP) is 5.36. The lowest BCUT2D eigenvalue weighted by atomic mass is 9.96. The van der Waals surface area contributed by atoms with Gasteiger partial charge in [0.1, 0.15) is 0 Å². The van der Waals surface area contributed by atoms with Crippen molar-refractivity contribution < 1.29 is 0 Å². The van der Waals surface area contributed by atoms with Crippen molar-refractivity contribution in [2.75, 3.05) is 0 Å². The van der Waals surface area contributed by atoms with Crippen molar-refractivity contribution in [3.8, 4) is 0 Å². The van der Waals surface area contributed by atoms with E-state index < -0.39 is 0 Å². The lowest BCUT2D eigenvalue weighted by Gasteiger charge is -2.17. The maximum Gasteiger partial charge on any atom is 0.163 e. The van der Waals surface area contributed by atoms with E-state index in [2.05, 4.69) is 4.99 Å². The van der Waals surface area contributed by atoms with Crippen molar-refractivity contribution in [3.05, 3.63) is 29.3 Å². The van der Waals surface area contributed by atoms with Gasteiger partial charge in [0, 0.05) is 9.92 Å². The maximum atomic E-state index is 6.17. The Morgan fingerprint density at radius 1 is 1.12 bits per heavy atom. The fourth-order valence-electron chi connectivity index (χ4n) is 1.98. The molecule has 1 saturated carbocycles. The molecule has 0 bridgehead atoms. The van der Waals surface area contributed by atoms with Crippen LogP contribution in [0.5, 0.6) is 0 Å². The standard InChI is InChI=1S/C13H15Cl2NS/c14-10-6-8-12(9-7-10)17-13(15)16-11-4-2-1-3-5-11/h6-9,11H,1-5H2. The Kier molecular flexibility index (Phi) is 5.20. The molecule has 1 fully saturated rings. The van der Waals surface area contributed by atoms with Gasteiger partial charge in [0.2, 0.25) is 0 Å². The second kappa shape index (κ2) is 6.67. The van der Waals surface area contributed by atoms with Crippen molar-refractivity contribution in [1.82, 2.24) is 0 Å². The molecular formula is C13H15Cl2NS. The van der Waals surface area contributed by atoms with Gasteiger partial charge in [-0.2, -0.15) is 0 Å². The fourth-order valence-corrected chi connectivity index (χ4v) is 3.18. The first kappa shape index (κ1) is 13.3. The van der Waals surface area contributed by atoms with Gasteiger partial charge in [-0.25, -0.2) is 0 Å². The molecule has 0 atom stereocenters. The molecule has 0 amide bonds. The SMILES string of the molecule is ClC(=NC1CCCCC1)Sc1ccc(Cl)cc1. The third kappa shape index (κ3) is 4.53. The Bertz CT molecular complexity index is 383. The van der Waals surface area contributed by atoms with Crippen LogP contribution in [-0.4, -0.2) is 10.5 Å². The van der Waals surface area contributed by atoms with Crippen molar-refractivity contribution >= 4 is 39.5 Å². The monoisotopic (exact) mass is 287 g/mol. The summed E-state index contributed by atoms with van der Waals surface area (Å²) in [6.45, 7) is 0. The zero-order valence-corrected chi connectivity index (χ0v) is 11.9. The number of halogens is 2. The van der Waals surface area contributed by atoms with Crippen LogP contribution in [0.25, 0.3) is 0 Å². The molecule has 4 heteroatoms. The zero-order valence-electron chi connectivity index (χ0n) is 9.53. The van der Waals surface area contributed by atoms with Crippen LogP contribution in [0.2, 0.25) is 5.02 Å². The molecule has 0 aliphatic heterocycles. The van der Waals surface area contributed by atoms with E-state index in [1.807, 2.05) is 24.3 Å². The average Bonchev–Trinajstić information content (AvgIpc) is 2.33. The third-order valence-electron chi connectivity index (χ3n) is 2.87. The van der Waals surface area contributed by atoms with Crippen LogP contribution in [0.1, 0.15) is 32.1 Å². The number of thioether (sulfide) groups is 1. The summed E-state index contributed by atoms with van der Waals surface area (Å²) in [6.07, 6.45) is 6.26. The highest BCUT2D eigenvalue weighted by molar-refractivity contribution is 8.16. The fraction of sp³-hybridized carbons (Fsp3) is 0.462. The van der Waals surface area contributed by atoms with Crippen LogP contribution < -0.4 is 0 Å². The van der Waals surface area contributed by atoms with Gasteiger partial charge in [0.05, 0.1) is 6.04 Å². The zero-order chi connectivity index (χ0) is 12.1. The Balaban J connectivity index is 1.93. The highest BCUT2D eigenvalue weighted by Crippen LogP contribution is 2.26. The smallest absolute Gasteiger partial charge is 0.163 e. The average molecular weight is 288 g/mol. The van der Waals surface area contributed by atoms with Crippen LogP contribution in [0.4, 0.5) is 0 Å². The minimum absolute atomic E-state index is 0.427. The number of rotatable bonds is 2. The molecule has 92 valence electrons. The molecule has 1 aromatic carbocycles. The van der Waals surface area contributed by atoms with Gasteiger partial charge in [0.15, 0.2) is 4.50 Å². The van der Waals surface area contributed by atoms with Gasteiger partial charge in [-0.05, 0) is 37.1 Å². The van der Waals surface area contributed by atoms with Crippen LogP contribution in [0, 0.1) is 0 Å². The molecule has 0 radical (unpaired) electrons. The molecule has 1 aliphatic rings. The van der Waals surface area contributed by atoms with Crippen molar-refractivity contribution in [1.29, 1.82) is 0 Å². The first-order valence-corrected chi connectivity index (χ1v) is 7.48. The Hall–Kier alpha value is -0.180. The van der Waals surface area contributed by atoms with Gasteiger partial charge in [0.25, 0.3) is 0 Å². The van der Waals surface area contributed by atoms with Crippen molar-refractivity contribution in [2.24, 2.45) is 4.99 Å². The van der Waals surface area contributed by atoms with Crippen molar-refractivity contribution in [3.63, 3.8) is 0 Å². The third-order valence-corrected chi connectivity index (χ3v) is 4.24. The highest BCUT2D eigenvalue weighted by Gasteiger charge is 2.12. The van der Waals surface area contributed by atoms with Crippen LogP contribution in [0.15, 0.2) is 34.2 Å². The largest absolute Gasteiger partial charge is 0.264 e. The molecule has 0 heterocycles. The Morgan fingerprint density at radius 2 is 1.76 bits per heavy atom. The summed E-state index contributed by atoms with van der Waals surface area (Å²) in [6, 6.07) is 8.09. The number of hydrogen-bond acceptors (Lipinski definition) is 2. The van der Waals surface area contributed by atoms with Gasteiger partial charge in [-0.1, -0.05) is 54.2 Å². The predicted molar refractivity (Wildman–Crippen MR) is 77.5 cm³/mol. The van der Waals surface area contributed by atoms with E-state index in [9.17, 15) is 0 Å². The van der Waals surface area contributed by atoms with E-state index in [1.165, 1.54) is 43.9 Å². The Morgan fingerprint density at radius 3 is 2.41 bits per heavy atom. The number of aliphatic imine (C=N–C) groups is 1. The summed E-state index contributed by atoms with van der Waals surface area (Å²) in [7, 11) is 0. The molecule has 0 unspecified atom stereocenters. The Labute approximate surface area is 117 Å². The second-order valence-electron chi connectivity index (χ2n) is 4.23. The molecule has 0 aromatic heterocycles. The minimum atomic E-state index is 0.427. The molecular weight excluding hydrogens is 273 g/mol. The number of hydrogen-bond donors (Lipinski definition) is 0. The number of benzene rings is 1. The molecule has 0 N–H and O–H groups in total. The van der Waals surface area contributed by atoms with E-state index in [0.717, 1.165) is 9.92 Å². The van der Waals surface area contributed by atoms with E-state index in [-0.39, 0.29) is 0 Å². The molecule has 0 saturated heterocycles. The second-order valence-corrected chi connectivity index (χ2v) is 6.31. The van der Waals surface area contributed by atoms with E-state index >= 15 is 0 Å². The maximum absolute atomic E-state index is 6.17. The first-order valence-electron chi connectivity index (χ1n) is 5.91. The molecule has 17 heavy (non-hydrogen) atoms. The van der Waals surface area contributed by atoms with Gasteiger partial charge in [-0.3, -0.25) is 4.99 Å². The topological polar surface area (TPSA) is 12.4 Å². The summed E-state index contributed by atoms with van der Waals surface area (Å²) in [5.41, 5.74) is 0. The molecule has 0 spiro atoms. The molecule has 1 aliphatic carbocycles. The summed E-state index contributed by atoms with van der Waals surface area (Å²) in [5, 5.41) is 0.745. The molecule has 2 rings (SSSR count). The lowest BCUT2D eigenvalue weighted by Crippen LogP contribution is -2.10. The molecule has 1 nitrogen and oxygen atoms in total.